The number of aromatic nitrogens is 2. The van der Waals surface area contributed by atoms with Gasteiger partial charge in [0.1, 0.15) is 5.82 Å². The van der Waals surface area contributed by atoms with Gasteiger partial charge in [0.15, 0.2) is 4.34 Å². The topological polar surface area (TPSA) is 51.8 Å². The van der Waals surface area contributed by atoms with Crippen LogP contribution < -0.4 is 5.73 Å². The van der Waals surface area contributed by atoms with Crippen LogP contribution in [-0.4, -0.2) is 15.9 Å². The SMILES string of the molecule is CCc1nsc(SC(CN)c2cccs2)n1. The van der Waals surface area contributed by atoms with Crippen LogP contribution in [0.1, 0.15) is 22.9 Å². The van der Waals surface area contributed by atoms with Gasteiger partial charge in [0, 0.05) is 17.8 Å². The fourth-order valence-corrected chi connectivity index (χ4v) is 4.10. The summed E-state index contributed by atoms with van der Waals surface area (Å²) in [7, 11) is 0. The molecule has 2 N–H and O–H groups in total. The first-order valence-corrected chi connectivity index (χ1v) is 7.59. The molecule has 3 nitrogen and oxygen atoms in total. The standard InChI is InChI=1S/C10H13N3S3/c1-2-9-12-10(16-13-9)15-8(6-11)7-4-3-5-14-7/h3-5,8H,2,6,11H2,1H3. The Morgan fingerprint density at radius 2 is 2.44 bits per heavy atom. The third-order valence-electron chi connectivity index (χ3n) is 2.08. The molecule has 0 radical (unpaired) electrons. The van der Waals surface area contributed by atoms with Gasteiger partial charge < -0.3 is 5.73 Å². The Kier molecular flexibility index (Phi) is 4.34. The predicted octanol–water partition coefficient (Wildman–Crippen LogP) is 2.95. The Labute approximate surface area is 107 Å². The maximum absolute atomic E-state index is 5.79. The highest BCUT2D eigenvalue weighted by molar-refractivity contribution is 8.01. The second-order valence-corrected chi connectivity index (χ2v) is 6.37. The van der Waals surface area contributed by atoms with Crippen molar-refractivity contribution in [2.24, 2.45) is 5.73 Å². The maximum Gasteiger partial charge on any atom is 0.170 e. The molecule has 2 heterocycles. The van der Waals surface area contributed by atoms with Crippen molar-refractivity contribution in [1.29, 1.82) is 0 Å². The number of thiophene rings is 1. The fourth-order valence-electron chi connectivity index (χ4n) is 1.25. The zero-order chi connectivity index (χ0) is 11.4. The molecule has 2 rings (SSSR count). The molecule has 0 aliphatic rings. The summed E-state index contributed by atoms with van der Waals surface area (Å²) < 4.78 is 5.29. The lowest BCUT2D eigenvalue weighted by Gasteiger charge is -2.09. The van der Waals surface area contributed by atoms with Crippen LogP contribution in [0.15, 0.2) is 21.9 Å². The van der Waals surface area contributed by atoms with Gasteiger partial charge in [-0.15, -0.1) is 11.3 Å². The Hall–Kier alpha value is -0.430. The van der Waals surface area contributed by atoms with Crippen LogP contribution in [0.4, 0.5) is 0 Å². The van der Waals surface area contributed by atoms with E-state index in [-0.39, 0.29) is 0 Å². The van der Waals surface area contributed by atoms with Crippen LogP contribution in [-0.2, 0) is 6.42 Å². The van der Waals surface area contributed by atoms with Crippen LogP contribution in [0.25, 0.3) is 0 Å². The molecule has 2 aromatic heterocycles. The van der Waals surface area contributed by atoms with Crippen molar-refractivity contribution in [2.75, 3.05) is 6.54 Å². The van der Waals surface area contributed by atoms with E-state index in [2.05, 4.69) is 33.8 Å². The molecule has 6 heteroatoms. The summed E-state index contributed by atoms with van der Waals surface area (Å²) in [4.78, 5) is 5.75. The van der Waals surface area contributed by atoms with Crippen LogP contribution in [0.3, 0.4) is 0 Å². The average molecular weight is 271 g/mol. The summed E-state index contributed by atoms with van der Waals surface area (Å²) in [6.45, 7) is 2.70. The molecule has 2 aromatic rings. The van der Waals surface area contributed by atoms with E-state index in [1.165, 1.54) is 16.4 Å². The van der Waals surface area contributed by atoms with Crippen molar-refractivity contribution >= 4 is 34.6 Å². The van der Waals surface area contributed by atoms with E-state index in [0.29, 0.717) is 11.8 Å². The van der Waals surface area contributed by atoms with Gasteiger partial charge in [-0.3, -0.25) is 0 Å². The largest absolute Gasteiger partial charge is 0.329 e. The van der Waals surface area contributed by atoms with Gasteiger partial charge in [-0.05, 0) is 23.0 Å². The second kappa shape index (κ2) is 5.77. The van der Waals surface area contributed by atoms with E-state index in [1.54, 1.807) is 23.1 Å². The second-order valence-electron chi connectivity index (χ2n) is 3.19. The highest BCUT2D eigenvalue weighted by Crippen LogP contribution is 2.37. The predicted molar refractivity (Wildman–Crippen MR) is 71.3 cm³/mol. The molecule has 0 saturated heterocycles. The minimum Gasteiger partial charge on any atom is -0.329 e. The third-order valence-corrected chi connectivity index (χ3v) is 5.30. The summed E-state index contributed by atoms with van der Waals surface area (Å²) in [5, 5.41) is 2.38. The summed E-state index contributed by atoms with van der Waals surface area (Å²) >= 11 is 4.92. The quantitative estimate of drug-likeness (QED) is 0.850. The molecule has 0 aliphatic carbocycles. The highest BCUT2D eigenvalue weighted by Gasteiger charge is 2.15. The minimum atomic E-state index is 0.303. The summed E-state index contributed by atoms with van der Waals surface area (Å²) in [6.07, 6.45) is 0.892. The third kappa shape index (κ3) is 2.82. The van der Waals surface area contributed by atoms with Gasteiger partial charge in [0.25, 0.3) is 0 Å². The molecular formula is C10H13N3S3. The molecule has 0 aliphatic heterocycles. The first-order chi connectivity index (χ1) is 7.83. The van der Waals surface area contributed by atoms with E-state index in [1.807, 2.05) is 0 Å². The molecular weight excluding hydrogens is 258 g/mol. The lowest BCUT2D eigenvalue weighted by molar-refractivity contribution is 0.945. The molecule has 1 atom stereocenters. The number of rotatable bonds is 5. The van der Waals surface area contributed by atoms with Gasteiger partial charge in [0.05, 0.1) is 5.25 Å². The minimum absolute atomic E-state index is 0.303. The molecule has 0 saturated carbocycles. The normalized spacial score (nSPS) is 12.9. The summed E-state index contributed by atoms with van der Waals surface area (Å²) in [5.41, 5.74) is 5.79. The number of hydrogen-bond donors (Lipinski definition) is 1. The summed E-state index contributed by atoms with van der Waals surface area (Å²) in [6, 6.07) is 4.18. The average Bonchev–Trinajstić information content (AvgIpc) is 2.96. The molecule has 16 heavy (non-hydrogen) atoms. The Morgan fingerprint density at radius 1 is 1.56 bits per heavy atom. The van der Waals surface area contributed by atoms with Crippen molar-refractivity contribution in [3.05, 3.63) is 28.2 Å². The van der Waals surface area contributed by atoms with Crippen molar-refractivity contribution in [3.8, 4) is 0 Å². The van der Waals surface area contributed by atoms with E-state index in [9.17, 15) is 0 Å². The van der Waals surface area contributed by atoms with Gasteiger partial charge in [-0.2, -0.15) is 4.37 Å². The number of aryl methyl sites for hydroxylation is 1. The first-order valence-electron chi connectivity index (χ1n) is 5.06. The van der Waals surface area contributed by atoms with Crippen molar-refractivity contribution in [3.63, 3.8) is 0 Å². The lowest BCUT2D eigenvalue weighted by Crippen LogP contribution is -2.07. The number of nitrogens with zero attached hydrogens (tertiary/aromatic N) is 2. The molecule has 0 spiro atoms. The van der Waals surface area contributed by atoms with E-state index < -0.39 is 0 Å². The van der Waals surface area contributed by atoms with Gasteiger partial charge >= 0.3 is 0 Å². The molecule has 0 aromatic carbocycles. The zero-order valence-corrected chi connectivity index (χ0v) is 11.4. The molecule has 0 amide bonds. The van der Waals surface area contributed by atoms with Crippen LogP contribution in [0.5, 0.6) is 0 Å². The van der Waals surface area contributed by atoms with E-state index in [4.69, 9.17) is 5.73 Å². The summed E-state index contributed by atoms with van der Waals surface area (Å²) in [5.74, 6) is 0.925. The first kappa shape index (κ1) is 12.0. The lowest BCUT2D eigenvalue weighted by atomic mass is 10.3. The van der Waals surface area contributed by atoms with Crippen LogP contribution in [0.2, 0.25) is 0 Å². The number of nitrogens with two attached hydrogens (primary N) is 1. The molecule has 0 bridgehead atoms. The van der Waals surface area contributed by atoms with Crippen LogP contribution in [0, 0.1) is 0 Å². The number of thioether (sulfide) groups is 1. The van der Waals surface area contributed by atoms with Gasteiger partial charge in [0.2, 0.25) is 0 Å². The molecule has 86 valence electrons. The Balaban J connectivity index is 2.07. The molecule has 1 unspecified atom stereocenters. The van der Waals surface area contributed by atoms with Crippen molar-refractivity contribution in [2.45, 2.75) is 22.9 Å². The smallest absolute Gasteiger partial charge is 0.170 e. The van der Waals surface area contributed by atoms with Gasteiger partial charge in [-0.25, -0.2) is 4.98 Å². The Morgan fingerprint density at radius 3 is 3.00 bits per heavy atom. The van der Waals surface area contributed by atoms with Crippen molar-refractivity contribution < 1.29 is 0 Å². The Bertz CT molecular complexity index is 424. The van der Waals surface area contributed by atoms with Crippen LogP contribution >= 0.6 is 34.6 Å². The maximum atomic E-state index is 5.79. The fraction of sp³-hybridized carbons (Fsp3) is 0.400. The van der Waals surface area contributed by atoms with E-state index in [0.717, 1.165) is 16.6 Å². The van der Waals surface area contributed by atoms with Crippen molar-refractivity contribution in [1.82, 2.24) is 9.36 Å². The molecule has 0 fully saturated rings. The van der Waals surface area contributed by atoms with E-state index >= 15 is 0 Å². The zero-order valence-electron chi connectivity index (χ0n) is 8.92. The highest BCUT2D eigenvalue weighted by atomic mass is 32.2. The monoisotopic (exact) mass is 271 g/mol. The number of hydrogen-bond acceptors (Lipinski definition) is 6. The van der Waals surface area contributed by atoms with Gasteiger partial charge in [-0.1, -0.05) is 24.8 Å².